The Morgan fingerprint density at radius 3 is 2.67 bits per heavy atom. The largest absolute Gasteiger partial charge is 0.352 e. The van der Waals surface area contributed by atoms with Gasteiger partial charge in [-0.2, -0.15) is 0 Å². The van der Waals surface area contributed by atoms with Crippen molar-refractivity contribution in [3.8, 4) is 0 Å². The summed E-state index contributed by atoms with van der Waals surface area (Å²) in [6.07, 6.45) is 4.76. The lowest BCUT2D eigenvalue weighted by Crippen LogP contribution is -2.36. The molecule has 0 atom stereocenters. The molecule has 1 aromatic carbocycles. The zero-order valence-corrected chi connectivity index (χ0v) is 15.9. The van der Waals surface area contributed by atoms with E-state index in [1.165, 1.54) is 23.5 Å². The van der Waals surface area contributed by atoms with Gasteiger partial charge in [0.2, 0.25) is 0 Å². The van der Waals surface area contributed by atoms with Gasteiger partial charge in [-0.05, 0) is 50.7 Å². The third-order valence-electron chi connectivity index (χ3n) is 4.73. The van der Waals surface area contributed by atoms with Gasteiger partial charge >= 0.3 is 0 Å². The highest BCUT2D eigenvalue weighted by atomic mass is 16.2. The third-order valence-corrected chi connectivity index (χ3v) is 4.73. The van der Waals surface area contributed by atoms with Crippen LogP contribution in [-0.2, 0) is 13.0 Å². The van der Waals surface area contributed by atoms with Crippen LogP contribution in [0.1, 0.15) is 38.3 Å². The molecule has 0 saturated heterocycles. The van der Waals surface area contributed by atoms with Crippen LogP contribution in [-0.4, -0.2) is 60.3 Å². The van der Waals surface area contributed by atoms with E-state index < -0.39 is 0 Å². The van der Waals surface area contributed by atoms with Crippen molar-refractivity contribution < 1.29 is 9.59 Å². The van der Waals surface area contributed by atoms with E-state index in [1.807, 2.05) is 31.1 Å². The summed E-state index contributed by atoms with van der Waals surface area (Å²) in [4.78, 5) is 33.2. The molecule has 0 fully saturated rings. The van der Waals surface area contributed by atoms with E-state index in [2.05, 4.69) is 27.3 Å². The highest BCUT2D eigenvalue weighted by Gasteiger charge is 2.22. The fourth-order valence-electron chi connectivity index (χ4n) is 3.23. The van der Waals surface area contributed by atoms with Gasteiger partial charge in [-0.25, -0.2) is 0 Å². The second-order valence-corrected chi connectivity index (χ2v) is 7.12. The SMILES string of the molecule is CN(C)CCCNC(=O)c1cncc(C(=O)N2CCc3ccccc3C2)c1. The number of carbonyl (C=O) groups is 2. The summed E-state index contributed by atoms with van der Waals surface area (Å²) in [5, 5.41) is 2.88. The fourth-order valence-corrected chi connectivity index (χ4v) is 3.23. The molecular formula is C21H26N4O2. The van der Waals surface area contributed by atoms with Crippen LogP contribution in [0.15, 0.2) is 42.7 Å². The molecule has 2 amide bonds. The Morgan fingerprint density at radius 1 is 1.15 bits per heavy atom. The summed E-state index contributed by atoms with van der Waals surface area (Å²) in [5.74, 6) is -0.279. The van der Waals surface area contributed by atoms with Crippen LogP contribution >= 0.6 is 0 Å². The predicted molar refractivity (Wildman–Crippen MR) is 105 cm³/mol. The van der Waals surface area contributed by atoms with Crippen LogP contribution in [0.3, 0.4) is 0 Å². The first-order valence-corrected chi connectivity index (χ1v) is 9.28. The first kappa shape index (κ1) is 19.0. The van der Waals surface area contributed by atoms with Crippen LogP contribution in [0.4, 0.5) is 0 Å². The van der Waals surface area contributed by atoms with Gasteiger partial charge in [0, 0.05) is 32.0 Å². The highest BCUT2D eigenvalue weighted by molar-refractivity contribution is 5.99. The first-order valence-electron chi connectivity index (χ1n) is 9.28. The number of nitrogens with zero attached hydrogens (tertiary/aromatic N) is 3. The van der Waals surface area contributed by atoms with Gasteiger partial charge in [0.1, 0.15) is 0 Å². The molecule has 6 nitrogen and oxygen atoms in total. The van der Waals surface area contributed by atoms with E-state index >= 15 is 0 Å². The van der Waals surface area contributed by atoms with Gasteiger partial charge in [-0.1, -0.05) is 24.3 Å². The maximum atomic E-state index is 12.9. The minimum absolute atomic E-state index is 0.0840. The normalized spacial score (nSPS) is 13.4. The van der Waals surface area contributed by atoms with E-state index in [1.54, 1.807) is 6.07 Å². The topological polar surface area (TPSA) is 65.5 Å². The van der Waals surface area contributed by atoms with Gasteiger partial charge < -0.3 is 15.1 Å². The molecule has 0 unspecified atom stereocenters. The van der Waals surface area contributed by atoms with Crippen molar-refractivity contribution in [3.63, 3.8) is 0 Å². The molecule has 0 radical (unpaired) electrons. The molecule has 1 aromatic heterocycles. The smallest absolute Gasteiger partial charge is 0.255 e. The number of pyridine rings is 1. The number of carbonyl (C=O) groups excluding carboxylic acids is 2. The van der Waals surface area contributed by atoms with E-state index in [0.717, 1.165) is 19.4 Å². The lowest BCUT2D eigenvalue weighted by Gasteiger charge is -2.28. The Bertz CT molecular complexity index is 819. The molecule has 1 aliphatic rings. The molecule has 142 valence electrons. The minimum Gasteiger partial charge on any atom is -0.352 e. The molecule has 3 rings (SSSR count). The minimum atomic E-state index is -0.195. The van der Waals surface area contributed by atoms with Gasteiger partial charge in [-0.15, -0.1) is 0 Å². The molecule has 1 aliphatic heterocycles. The predicted octanol–water partition coefficient (Wildman–Crippen LogP) is 1.96. The molecule has 6 heteroatoms. The Morgan fingerprint density at radius 2 is 1.89 bits per heavy atom. The summed E-state index contributed by atoms with van der Waals surface area (Å²) in [7, 11) is 4.00. The van der Waals surface area contributed by atoms with Gasteiger partial charge in [-0.3, -0.25) is 14.6 Å². The zero-order valence-electron chi connectivity index (χ0n) is 15.9. The highest BCUT2D eigenvalue weighted by Crippen LogP contribution is 2.20. The van der Waals surface area contributed by atoms with E-state index in [9.17, 15) is 9.59 Å². The van der Waals surface area contributed by atoms with Crippen molar-refractivity contribution in [1.29, 1.82) is 0 Å². The first-order chi connectivity index (χ1) is 13.0. The standard InChI is InChI=1S/C21H26N4O2/c1-24(2)10-5-9-23-20(26)18-12-19(14-22-13-18)21(27)25-11-8-16-6-3-4-7-17(16)15-25/h3-4,6-7,12-14H,5,8-11,15H2,1-2H3,(H,23,26). The molecular weight excluding hydrogens is 340 g/mol. The van der Waals surface area contributed by atoms with Crippen LogP contribution in [0.5, 0.6) is 0 Å². The summed E-state index contributed by atoms with van der Waals surface area (Å²) < 4.78 is 0. The number of fused-ring (bicyclic) bond motifs is 1. The summed E-state index contributed by atoms with van der Waals surface area (Å²) >= 11 is 0. The number of nitrogens with one attached hydrogen (secondary N) is 1. The average Bonchev–Trinajstić information content (AvgIpc) is 2.70. The lowest BCUT2D eigenvalue weighted by atomic mass is 9.99. The molecule has 0 saturated carbocycles. The maximum Gasteiger partial charge on any atom is 0.255 e. The van der Waals surface area contributed by atoms with E-state index in [4.69, 9.17) is 0 Å². The number of hydrogen-bond donors (Lipinski definition) is 1. The molecule has 2 heterocycles. The monoisotopic (exact) mass is 366 g/mol. The van der Waals surface area contributed by atoms with Gasteiger partial charge in [0.15, 0.2) is 0 Å². The number of benzene rings is 1. The quantitative estimate of drug-likeness (QED) is 0.794. The van der Waals surface area contributed by atoms with Crippen molar-refractivity contribution >= 4 is 11.8 Å². The lowest BCUT2D eigenvalue weighted by molar-refractivity contribution is 0.0734. The second-order valence-electron chi connectivity index (χ2n) is 7.12. The Balaban J connectivity index is 1.63. The summed E-state index contributed by atoms with van der Waals surface area (Å²) in [6, 6.07) is 9.83. The Labute approximate surface area is 160 Å². The average molecular weight is 366 g/mol. The Hall–Kier alpha value is -2.73. The summed E-state index contributed by atoms with van der Waals surface area (Å²) in [5.41, 5.74) is 3.35. The molecule has 0 spiro atoms. The zero-order chi connectivity index (χ0) is 19.2. The molecule has 0 bridgehead atoms. The van der Waals surface area contributed by atoms with Crippen LogP contribution in [0.2, 0.25) is 0 Å². The number of hydrogen-bond acceptors (Lipinski definition) is 4. The van der Waals surface area contributed by atoms with Crippen molar-refractivity contribution in [2.45, 2.75) is 19.4 Å². The van der Waals surface area contributed by atoms with Crippen LogP contribution in [0, 0.1) is 0 Å². The molecule has 1 N–H and O–H groups in total. The van der Waals surface area contributed by atoms with Gasteiger partial charge in [0.25, 0.3) is 11.8 Å². The van der Waals surface area contributed by atoms with Crippen LogP contribution < -0.4 is 5.32 Å². The molecule has 27 heavy (non-hydrogen) atoms. The van der Waals surface area contributed by atoms with E-state index in [0.29, 0.717) is 30.8 Å². The van der Waals surface area contributed by atoms with E-state index in [-0.39, 0.29) is 11.8 Å². The van der Waals surface area contributed by atoms with Crippen molar-refractivity contribution in [3.05, 3.63) is 65.0 Å². The van der Waals surface area contributed by atoms with Gasteiger partial charge in [0.05, 0.1) is 11.1 Å². The van der Waals surface area contributed by atoms with Crippen molar-refractivity contribution in [2.24, 2.45) is 0 Å². The summed E-state index contributed by atoms with van der Waals surface area (Å²) in [6.45, 7) is 2.78. The number of rotatable bonds is 6. The number of aromatic nitrogens is 1. The van der Waals surface area contributed by atoms with Crippen molar-refractivity contribution in [2.75, 3.05) is 33.7 Å². The van der Waals surface area contributed by atoms with Crippen molar-refractivity contribution in [1.82, 2.24) is 20.1 Å². The third kappa shape index (κ3) is 4.92. The maximum absolute atomic E-state index is 12.9. The fraction of sp³-hybridized carbons (Fsp3) is 0.381. The Kier molecular flexibility index (Phi) is 6.19. The number of amides is 2. The molecule has 0 aliphatic carbocycles. The van der Waals surface area contributed by atoms with Crippen LogP contribution in [0.25, 0.3) is 0 Å². The second kappa shape index (κ2) is 8.77. The molecule has 2 aromatic rings.